The summed E-state index contributed by atoms with van der Waals surface area (Å²) in [5, 5.41) is 7.52. The Kier molecular flexibility index (Phi) is 10.6. The minimum atomic E-state index is -0.218. The Morgan fingerprint density at radius 1 is 0.529 bits per heavy atom. The summed E-state index contributed by atoms with van der Waals surface area (Å²) < 4.78 is 31.5. The summed E-state index contributed by atoms with van der Waals surface area (Å²) >= 11 is 0. The molecular weight excluding hydrogens is 646 g/mol. The van der Waals surface area contributed by atoms with Crippen molar-refractivity contribution in [3.8, 4) is 0 Å². The smallest absolute Gasteiger partial charge is 0.204 e. The Balaban J connectivity index is 0.00000406. The number of anilines is 2. The van der Waals surface area contributed by atoms with Gasteiger partial charge in [-0.15, -0.1) is 0 Å². The summed E-state index contributed by atoms with van der Waals surface area (Å²) in [6.07, 6.45) is 4.30. The molecule has 2 aliphatic heterocycles. The van der Waals surface area contributed by atoms with Gasteiger partial charge in [0, 0.05) is 51.4 Å². The molecule has 4 N–H and O–H groups in total. The summed E-state index contributed by atoms with van der Waals surface area (Å²) in [5.74, 6) is 1.34. The zero-order valence-electron chi connectivity index (χ0n) is 28.8. The van der Waals surface area contributed by atoms with Gasteiger partial charge < -0.3 is 35.0 Å². The molecule has 0 radical (unpaired) electrons. The van der Waals surface area contributed by atoms with Crippen molar-refractivity contribution in [3.05, 3.63) is 120 Å². The maximum atomic E-state index is 13.5. The van der Waals surface area contributed by atoms with Crippen molar-refractivity contribution in [2.75, 3.05) is 49.9 Å². The van der Waals surface area contributed by atoms with Crippen LogP contribution in [0.25, 0.3) is 22.1 Å². The largest absolute Gasteiger partial charge is 0.412 e. The minimum absolute atomic E-state index is 0. The van der Waals surface area contributed by atoms with Gasteiger partial charge in [-0.1, -0.05) is 48.5 Å². The van der Waals surface area contributed by atoms with Crippen LogP contribution in [-0.4, -0.2) is 85.7 Å². The number of likely N-dealkylation sites (tertiary alicyclic amines) is 2. The zero-order valence-corrected chi connectivity index (χ0v) is 28.8. The predicted octanol–water partition coefficient (Wildman–Crippen LogP) is 6.39. The van der Waals surface area contributed by atoms with Crippen molar-refractivity contribution < 1.29 is 14.3 Å². The van der Waals surface area contributed by atoms with Gasteiger partial charge in [0.15, 0.2) is 0 Å². The topological polar surface area (TPSA) is 97.7 Å². The summed E-state index contributed by atoms with van der Waals surface area (Å²) in [7, 11) is 0. The van der Waals surface area contributed by atoms with E-state index in [1.54, 1.807) is 0 Å². The molecule has 0 bridgehead atoms. The lowest BCUT2D eigenvalue weighted by molar-refractivity contribution is 0.158. The second-order valence-corrected chi connectivity index (χ2v) is 13.8. The number of halogens is 2. The molecule has 11 heteroatoms. The molecule has 266 valence electrons. The summed E-state index contributed by atoms with van der Waals surface area (Å²) in [6.45, 7) is 7.73. The van der Waals surface area contributed by atoms with Crippen LogP contribution in [-0.2, 0) is 13.1 Å². The van der Waals surface area contributed by atoms with E-state index in [0.717, 1.165) is 110 Å². The van der Waals surface area contributed by atoms with E-state index >= 15 is 0 Å². The molecule has 6 aromatic rings. The first-order valence-corrected chi connectivity index (χ1v) is 17.9. The molecule has 51 heavy (non-hydrogen) atoms. The molecule has 2 fully saturated rings. The third kappa shape index (κ3) is 8.06. The molecule has 8 rings (SSSR count). The van der Waals surface area contributed by atoms with Gasteiger partial charge in [0.1, 0.15) is 11.6 Å². The highest BCUT2D eigenvalue weighted by atomic mass is 19.1. The lowest BCUT2D eigenvalue weighted by atomic mass is 10.0. The SMILES string of the molecule is Fc1ccc(Cn2c(NC3CCN(CCN4CCC(Nc5nc6ccccc6n5Cc5ccc(F)cc5)CC4)CC3)nc3ccccc32)cc1.O. The Morgan fingerprint density at radius 2 is 0.902 bits per heavy atom. The summed E-state index contributed by atoms with van der Waals surface area (Å²) in [6, 6.07) is 30.6. The van der Waals surface area contributed by atoms with Crippen molar-refractivity contribution in [2.45, 2.75) is 50.9 Å². The van der Waals surface area contributed by atoms with Gasteiger partial charge in [-0.3, -0.25) is 0 Å². The molecule has 0 atom stereocenters. The fraction of sp³-hybridized carbons (Fsp3) is 0.350. The summed E-state index contributed by atoms with van der Waals surface area (Å²) in [5.41, 5.74) is 6.20. The van der Waals surface area contributed by atoms with Crippen LogP contribution in [0.15, 0.2) is 97.1 Å². The van der Waals surface area contributed by atoms with Crippen molar-refractivity contribution >= 4 is 34.0 Å². The van der Waals surface area contributed by atoms with E-state index in [2.05, 4.69) is 53.8 Å². The fourth-order valence-corrected chi connectivity index (χ4v) is 7.49. The van der Waals surface area contributed by atoms with E-state index in [1.165, 1.54) is 24.3 Å². The van der Waals surface area contributed by atoms with E-state index < -0.39 is 0 Å². The molecule has 2 saturated heterocycles. The number of hydrogen-bond donors (Lipinski definition) is 2. The Morgan fingerprint density at radius 3 is 1.29 bits per heavy atom. The van der Waals surface area contributed by atoms with E-state index in [4.69, 9.17) is 9.97 Å². The van der Waals surface area contributed by atoms with Crippen LogP contribution in [0.3, 0.4) is 0 Å². The van der Waals surface area contributed by atoms with Crippen molar-refractivity contribution in [3.63, 3.8) is 0 Å². The third-order valence-corrected chi connectivity index (χ3v) is 10.4. The van der Waals surface area contributed by atoms with Crippen LogP contribution in [0.1, 0.15) is 36.8 Å². The van der Waals surface area contributed by atoms with E-state index in [-0.39, 0.29) is 17.1 Å². The minimum Gasteiger partial charge on any atom is -0.412 e. The van der Waals surface area contributed by atoms with Crippen LogP contribution in [0.4, 0.5) is 20.7 Å². The first-order chi connectivity index (χ1) is 24.5. The van der Waals surface area contributed by atoms with Gasteiger partial charge >= 0.3 is 0 Å². The lowest BCUT2D eigenvalue weighted by Crippen LogP contribution is -2.45. The number of aromatic nitrogens is 4. The van der Waals surface area contributed by atoms with Gasteiger partial charge in [0.25, 0.3) is 0 Å². The number of nitrogens with one attached hydrogen (secondary N) is 2. The molecular formula is C40H46F2N8O. The molecule has 0 unspecified atom stereocenters. The molecule has 4 aromatic carbocycles. The van der Waals surface area contributed by atoms with Crippen LogP contribution in [0.2, 0.25) is 0 Å². The Bertz CT molecular complexity index is 1880. The molecule has 2 aliphatic rings. The third-order valence-electron chi connectivity index (χ3n) is 10.4. The first-order valence-electron chi connectivity index (χ1n) is 17.9. The van der Waals surface area contributed by atoms with Crippen molar-refractivity contribution in [1.82, 2.24) is 28.9 Å². The van der Waals surface area contributed by atoms with Crippen molar-refractivity contribution in [2.24, 2.45) is 0 Å². The van der Waals surface area contributed by atoms with Crippen LogP contribution in [0, 0.1) is 11.6 Å². The molecule has 2 aromatic heterocycles. The lowest BCUT2D eigenvalue weighted by Gasteiger charge is -2.36. The van der Waals surface area contributed by atoms with E-state index in [0.29, 0.717) is 25.2 Å². The van der Waals surface area contributed by atoms with Crippen LogP contribution < -0.4 is 10.6 Å². The number of para-hydroxylation sites is 4. The average Bonchev–Trinajstić information content (AvgIpc) is 3.67. The molecule has 0 spiro atoms. The quantitative estimate of drug-likeness (QED) is 0.164. The maximum absolute atomic E-state index is 13.5. The maximum Gasteiger partial charge on any atom is 0.204 e. The first kappa shape index (κ1) is 34.6. The van der Waals surface area contributed by atoms with Gasteiger partial charge in [0.2, 0.25) is 11.9 Å². The average molecular weight is 693 g/mol. The second kappa shape index (κ2) is 15.6. The molecule has 0 saturated carbocycles. The highest BCUT2D eigenvalue weighted by Gasteiger charge is 2.25. The number of rotatable bonds is 11. The number of hydrogen-bond acceptors (Lipinski definition) is 6. The fourth-order valence-electron chi connectivity index (χ4n) is 7.49. The second-order valence-electron chi connectivity index (χ2n) is 13.8. The number of benzene rings is 4. The van der Waals surface area contributed by atoms with E-state index in [1.807, 2.05) is 48.5 Å². The van der Waals surface area contributed by atoms with Gasteiger partial charge in [-0.25, -0.2) is 18.7 Å². The number of imidazole rings is 2. The molecule has 9 nitrogen and oxygen atoms in total. The molecule has 4 heterocycles. The predicted molar refractivity (Wildman–Crippen MR) is 200 cm³/mol. The normalized spacial score (nSPS) is 16.4. The zero-order chi connectivity index (χ0) is 33.9. The standard InChI is InChI=1S/C40H44F2N8.H2O/c41-31-13-9-29(10-14-31)27-49-37-7-3-1-5-35(37)45-39(49)43-33-17-21-47(22-18-33)25-26-48-23-19-34(20-24-48)44-40-46-36-6-2-4-8-38(36)50(40)28-30-11-15-32(42)16-12-30;/h1-16,33-34H,17-28H2,(H,43,45)(H,44,46);1H2. The van der Waals surface area contributed by atoms with Gasteiger partial charge in [0.05, 0.1) is 35.2 Å². The van der Waals surface area contributed by atoms with Crippen LogP contribution >= 0.6 is 0 Å². The highest BCUT2D eigenvalue weighted by Crippen LogP contribution is 2.26. The van der Waals surface area contributed by atoms with Gasteiger partial charge in [-0.05, 0) is 85.3 Å². The molecule has 0 amide bonds. The number of nitrogens with zero attached hydrogens (tertiary/aromatic N) is 6. The Labute approximate surface area is 297 Å². The number of piperidine rings is 2. The monoisotopic (exact) mass is 692 g/mol. The van der Waals surface area contributed by atoms with Gasteiger partial charge in [-0.2, -0.15) is 0 Å². The highest BCUT2D eigenvalue weighted by molar-refractivity contribution is 5.79. The Hall–Kier alpha value is -4.84. The van der Waals surface area contributed by atoms with Crippen LogP contribution in [0.5, 0.6) is 0 Å². The number of fused-ring (bicyclic) bond motifs is 2. The summed E-state index contributed by atoms with van der Waals surface area (Å²) in [4.78, 5) is 15.1. The van der Waals surface area contributed by atoms with E-state index in [9.17, 15) is 8.78 Å². The van der Waals surface area contributed by atoms with Crippen molar-refractivity contribution in [1.29, 1.82) is 0 Å². The molecule has 0 aliphatic carbocycles.